The van der Waals surface area contributed by atoms with Crippen LogP contribution in [0.25, 0.3) is 5.69 Å². The third-order valence-electron chi connectivity index (χ3n) is 1.84. The zero-order chi connectivity index (χ0) is 12.4. The molecular formula is C15H26N2. The molecule has 0 unspecified atom stereocenters. The summed E-state index contributed by atoms with van der Waals surface area (Å²) in [4.78, 5) is 3.98. The monoisotopic (exact) mass is 234 g/mol. The van der Waals surface area contributed by atoms with Gasteiger partial charge in [0.05, 0.1) is 6.33 Å². The number of hydrogen-bond donors (Lipinski definition) is 0. The van der Waals surface area contributed by atoms with E-state index in [0.29, 0.717) is 0 Å². The molecule has 0 aliphatic heterocycles. The van der Waals surface area contributed by atoms with Crippen molar-refractivity contribution >= 4 is 0 Å². The minimum Gasteiger partial charge on any atom is -0.306 e. The molecule has 17 heavy (non-hydrogen) atoms. The van der Waals surface area contributed by atoms with Crippen LogP contribution in [0.2, 0.25) is 0 Å². The molecule has 1 heterocycles. The van der Waals surface area contributed by atoms with Gasteiger partial charge in [-0.25, -0.2) is 4.98 Å². The number of aryl methyl sites for hydroxylation is 1. The largest absolute Gasteiger partial charge is 0.306 e. The van der Waals surface area contributed by atoms with Crippen LogP contribution in [0.3, 0.4) is 0 Å². The van der Waals surface area contributed by atoms with Crippen LogP contribution in [0.15, 0.2) is 43.0 Å². The molecule has 2 heteroatoms. The maximum absolute atomic E-state index is 3.98. The lowest BCUT2D eigenvalue weighted by Gasteiger charge is -2.00. The van der Waals surface area contributed by atoms with E-state index in [1.54, 1.807) is 12.5 Å². The summed E-state index contributed by atoms with van der Waals surface area (Å²) in [6, 6.07) is 8.35. The third-order valence-corrected chi connectivity index (χ3v) is 1.84. The summed E-state index contributed by atoms with van der Waals surface area (Å²) in [5, 5.41) is 0. The summed E-state index contributed by atoms with van der Waals surface area (Å²) in [6.45, 7) is 10.1. The van der Waals surface area contributed by atoms with Crippen LogP contribution in [0, 0.1) is 6.92 Å². The molecule has 2 nitrogen and oxygen atoms in total. The SMILES string of the molecule is C.CC.CC.Cc1ccc(-n2ccnc2)cc1. The maximum atomic E-state index is 3.98. The number of imidazole rings is 1. The van der Waals surface area contributed by atoms with E-state index in [2.05, 4.69) is 36.2 Å². The first-order valence-corrected chi connectivity index (χ1v) is 5.91. The fourth-order valence-electron chi connectivity index (χ4n) is 1.13. The molecule has 0 saturated heterocycles. The lowest BCUT2D eigenvalue weighted by atomic mass is 10.2. The summed E-state index contributed by atoms with van der Waals surface area (Å²) in [6.07, 6.45) is 5.51. The number of hydrogen-bond acceptors (Lipinski definition) is 1. The van der Waals surface area contributed by atoms with Gasteiger partial charge in [0.1, 0.15) is 0 Å². The Morgan fingerprint density at radius 3 is 1.88 bits per heavy atom. The van der Waals surface area contributed by atoms with Crippen molar-refractivity contribution in [2.45, 2.75) is 42.0 Å². The van der Waals surface area contributed by atoms with Gasteiger partial charge in [0.25, 0.3) is 0 Å². The summed E-state index contributed by atoms with van der Waals surface area (Å²) < 4.78 is 1.99. The summed E-state index contributed by atoms with van der Waals surface area (Å²) in [7, 11) is 0. The molecule has 0 N–H and O–H groups in total. The molecule has 0 fully saturated rings. The number of rotatable bonds is 1. The van der Waals surface area contributed by atoms with Crippen LogP contribution in [0.4, 0.5) is 0 Å². The molecule has 1 aromatic carbocycles. The Balaban J connectivity index is 0. The highest BCUT2D eigenvalue weighted by Crippen LogP contribution is 2.07. The van der Waals surface area contributed by atoms with E-state index < -0.39 is 0 Å². The van der Waals surface area contributed by atoms with Gasteiger partial charge < -0.3 is 4.57 Å². The van der Waals surface area contributed by atoms with Crippen molar-refractivity contribution in [3.63, 3.8) is 0 Å². The molecule has 96 valence electrons. The van der Waals surface area contributed by atoms with Crippen molar-refractivity contribution in [2.75, 3.05) is 0 Å². The Morgan fingerprint density at radius 1 is 0.941 bits per heavy atom. The number of nitrogens with zero attached hydrogens (tertiary/aromatic N) is 2. The van der Waals surface area contributed by atoms with Gasteiger partial charge >= 0.3 is 0 Å². The van der Waals surface area contributed by atoms with Gasteiger partial charge in [0.15, 0.2) is 0 Å². The van der Waals surface area contributed by atoms with Gasteiger partial charge in [-0.15, -0.1) is 0 Å². The van der Waals surface area contributed by atoms with Crippen molar-refractivity contribution in [1.82, 2.24) is 9.55 Å². The van der Waals surface area contributed by atoms with Gasteiger partial charge in [-0.3, -0.25) is 0 Å². The van der Waals surface area contributed by atoms with Crippen molar-refractivity contribution in [2.24, 2.45) is 0 Å². The molecule has 1 aromatic heterocycles. The second-order valence-electron chi connectivity index (χ2n) is 2.81. The number of benzene rings is 1. The maximum Gasteiger partial charge on any atom is 0.0991 e. The normalized spacial score (nSPS) is 7.82. The smallest absolute Gasteiger partial charge is 0.0991 e. The fraction of sp³-hybridized carbons (Fsp3) is 0.400. The molecular weight excluding hydrogens is 208 g/mol. The van der Waals surface area contributed by atoms with Crippen LogP contribution in [-0.4, -0.2) is 9.55 Å². The van der Waals surface area contributed by atoms with E-state index in [-0.39, 0.29) is 7.43 Å². The molecule has 0 radical (unpaired) electrons. The first-order valence-electron chi connectivity index (χ1n) is 5.91. The van der Waals surface area contributed by atoms with Crippen molar-refractivity contribution < 1.29 is 0 Å². The van der Waals surface area contributed by atoms with Crippen LogP contribution in [0.1, 0.15) is 40.7 Å². The molecule has 0 aliphatic carbocycles. The Bertz CT molecular complexity index is 347. The van der Waals surface area contributed by atoms with Gasteiger partial charge in [-0.1, -0.05) is 52.8 Å². The van der Waals surface area contributed by atoms with Gasteiger partial charge in [-0.2, -0.15) is 0 Å². The second kappa shape index (κ2) is 10.9. The minimum atomic E-state index is 0. The van der Waals surface area contributed by atoms with Crippen LogP contribution < -0.4 is 0 Å². The fourth-order valence-corrected chi connectivity index (χ4v) is 1.13. The average molecular weight is 234 g/mol. The van der Waals surface area contributed by atoms with Crippen LogP contribution in [-0.2, 0) is 0 Å². The molecule has 2 aromatic rings. The Labute approximate surface area is 106 Å². The van der Waals surface area contributed by atoms with E-state index >= 15 is 0 Å². The lowest BCUT2D eigenvalue weighted by molar-refractivity contribution is 1.06. The molecule has 2 rings (SSSR count). The molecule has 0 atom stereocenters. The van der Waals surface area contributed by atoms with Gasteiger partial charge in [-0.05, 0) is 19.1 Å². The molecule has 0 aliphatic rings. The predicted molar refractivity (Wildman–Crippen MR) is 77.7 cm³/mol. The molecule has 0 bridgehead atoms. The highest BCUT2D eigenvalue weighted by molar-refractivity contribution is 5.33. The summed E-state index contributed by atoms with van der Waals surface area (Å²) in [5.74, 6) is 0. The minimum absolute atomic E-state index is 0. The van der Waals surface area contributed by atoms with E-state index in [0.717, 1.165) is 5.69 Å². The van der Waals surface area contributed by atoms with Crippen molar-refractivity contribution in [3.8, 4) is 5.69 Å². The Morgan fingerprint density at radius 2 is 1.47 bits per heavy atom. The topological polar surface area (TPSA) is 17.8 Å². The standard InChI is InChI=1S/C10H10N2.2C2H6.CH4/c1-9-2-4-10(5-3-9)12-7-6-11-8-12;2*1-2;/h2-8H,1H3;2*1-2H3;1H4. The molecule has 0 amide bonds. The zero-order valence-electron chi connectivity index (χ0n) is 10.9. The molecule has 0 saturated carbocycles. The van der Waals surface area contributed by atoms with Crippen LogP contribution in [0.5, 0.6) is 0 Å². The van der Waals surface area contributed by atoms with Gasteiger partial charge in [0.2, 0.25) is 0 Å². The zero-order valence-corrected chi connectivity index (χ0v) is 10.9. The highest BCUT2D eigenvalue weighted by Gasteiger charge is 1.92. The van der Waals surface area contributed by atoms with E-state index in [1.807, 2.05) is 38.5 Å². The van der Waals surface area contributed by atoms with Crippen molar-refractivity contribution in [1.29, 1.82) is 0 Å². The Hall–Kier alpha value is -1.57. The average Bonchev–Trinajstić information content (AvgIpc) is 2.89. The quantitative estimate of drug-likeness (QED) is 0.688. The van der Waals surface area contributed by atoms with Crippen LogP contribution >= 0.6 is 0 Å². The van der Waals surface area contributed by atoms with E-state index in [4.69, 9.17) is 0 Å². The Kier molecular flexibility index (Phi) is 11.5. The summed E-state index contributed by atoms with van der Waals surface area (Å²) in [5.41, 5.74) is 2.43. The third kappa shape index (κ3) is 5.91. The highest BCUT2D eigenvalue weighted by atomic mass is 15.0. The van der Waals surface area contributed by atoms with Gasteiger partial charge in [0, 0.05) is 18.1 Å². The molecule has 0 spiro atoms. The lowest BCUT2D eigenvalue weighted by Crippen LogP contribution is -1.88. The first kappa shape index (κ1) is 17.8. The first-order chi connectivity index (χ1) is 7.86. The van der Waals surface area contributed by atoms with E-state index in [1.165, 1.54) is 5.56 Å². The van der Waals surface area contributed by atoms with E-state index in [9.17, 15) is 0 Å². The predicted octanol–water partition coefficient (Wildman–Crippen LogP) is 4.87. The number of aromatic nitrogens is 2. The van der Waals surface area contributed by atoms with Crippen molar-refractivity contribution in [3.05, 3.63) is 48.5 Å². The second-order valence-corrected chi connectivity index (χ2v) is 2.81. The summed E-state index contributed by atoms with van der Waals surface area (Å²) >= 11 is 0.